The Morgan fingerprint density at radius 1 is 1.67 bits per heavy atom. The first kappa shape index (κ1) is 14.0. The predicted molar refractivity (Wildman–Crippen MR) is 68.3 cm³/mol. The minimum atomic E-state index is -1.29. The number of nitrogens with zero attached hydrogens (tertiary/aromatic N) is 1. The molecule has 0 aliphatic heterocycles. The van der Waals surface area contributed by atoms with E-state index < -0.39 is 10.9 Å². The summed E-state index contributed by atoms with van der Waals surface area (Å²) in [5.74, 6) is -1.29. The van der Waals surface area contributed by atoms with E-state index in [0.29, 0.717) is 0 Å². The summed E-state index contributed by atoms with van der Waals surface area (Å²) in [5, 5.41) is 22.5. The number of nitrogens with one attached hydrogen (secondary N) is 1. The Labute approximate surface area is 108 Å². The van der Waals surface area contributed by atoms with Crippen LogP contribution in [-0.4, -0.2) is 22.0 Å². The van der Waals surface area contributed by atoms with Crippen LogP contribution in [0.25, 0.3) is 0 Å². The van der Waals surface area contributed by atoms with E-state index in [-0.39, 0.29) is 28.0 Å². The lowest BCUT2D eigenvalue weighted by Crippen LogP contribution is -2.15. The van der Waals surface area contributed by atoms with Crippen molar-refractivity contribution in [1.82, 2.24) is 0 Å². The zero-order valence-electron chi connectivity index (χ0n) is 9.51. The van der Waals surface area contributed by atoms with Gasteiger partial charge in [-0.25, -0.2) is 4.79 Å². The number of halogens is 1. The van der Waals surface area contributed by atoms with Gasteiger partial charge < -0.3 is 10.4 Å². The molecule has 6 nitrogen and oxygen atoms in total. The van der Waals surface area contributed by atoms with E-state index in [1.165, 1.54) is 0 Å². The van der Waals surface area contributed by atoms with Gasteiger partial charge in [0.1, 0.15) is 0 Å². The molecule has 18 heavy (non-hydrogen) atoms. The van der Waals surface area contributed by atoms with E-state index in [1.807, 2.05) is 0 Å². The van der Waals surface area contributed by atoms with Gasteiger partial charge in [-0.1, -0.05) is 17.7 Å². The Hall–Kier alpha value is -2.08. The Morgan fingerprint density at radius 3 is 2.72 bits per heavy atom. The maximum atomic E-state index is 11.1. The molecule has 0 radical (unpaired) electrons. The molecule has 96 valence electrons. The lowest BCUT2D eigenvalue weighted by atomic mass is 10.1. The van der Waals surface area contributed by atoms with Gasteiger partial charge in [-0.15, -0.1) is 6.58 Å². The average molecular weight is 271 g/mol. The van der Waals surface area contributed by atoms with Crippen molar-refractivity contribution in [3.05, 3.63) is 45.5 Å². The van der Waals surface area contributed by atoms with Crippen LogP contribution in [0.1, 0.15) is 17.3 Å². The number of rotatable bonds is 5. The number of anilines is 1. The standard InChI is InChI=1S/C11H11ClN2O4/c1-3-6(2)13-10-8(11(15)16)4-7(14(17)18)5-9(10)12/h3-6,13H,1H2,2H3,(H,15,16). The molecule has 0 aliphatic rings. The van der Waals surface area contributed by atoms with E-state index in [1.54, 1.807) is 13.0 Å². The van der Waals surface area contributed by atoms with Crippen LogP contribution in [0, 0.1) is 10.1 Å². The van der Waals surface area contributed by atoms with Gasteiger partial charge in [0, 0.05) is 18.2 Å². The predicted octanol–water partition coefficient (Wildman–Crippen LogP) is 2.93. The first-order chi connectivity index (χ1) is 8.36. The minimum absolute atomic E-state index is 0.0182. The van der Waals surface area contributed by atoms with Crippen LogP contribution in [0.5, 0.6) is 0 Å². The molecular weight excluding hydrogens is 260 g/mol. The lowest BCUT2D eigenvalue weighted by molar-refractivity contribution is -0.384. The molecule has 0 spiro atoms. The third-order valence-corrected chi connectivity index (χ3v) is 2.54. The molecule has 0 heterocycles. The van der Waals surface area contributed by atoms with E-state index in [2.05, 4.69) is 11.9 Å². The number of carboxylic acids is 1. The second-order valence-electron chi connectivity index (χ2n) is 3.58. The summed E-state index contributed by atoms with van der Waals surface area (Å²) in [6.07, 6.45) is 1.56. The monoisotopic (exact) mass is 270 g/mol. The van der Waals surface area contributed by atoms with Crippen molar-refractivity contribution in [1.29, 1.82) is 0 Å². The largest absolute Gasteiger partial charge is 0.478 e. The van der Waals surface area contributed by atoms with Crippen molar-refractivity contribution in [2.45, 2.75) is 13.0 Å². The van der Waals surface area contributed by atoms with Crippen molar-refractivity contribution in [2.24, 2.45) is 0 Å². The van der Waals surface area contributed by atoms with Crippen LogP contribution in [0.15, 0.2) is 24.8 Å². The van der Waals surface area contributed by atoms with Gasteiger partial charge in [0.05, 0.1) is 21.2 Å². The topological polar surface area (TPSA) is 92.5 Å². The molecule has 7 heteroatoms. The van der Waals surface area contributed by atoms with Gasteiger partial charge in [-0.05, 0) is 6.92 Å². The van der Waals surface area contributed by atoms with Crippen LogP contribution in [0.4, 0.5) is 11.4 Å². The molecule has 0 fully saturated rings. The van der Waals surface area contributed by atoms with E-state index in [9.17, 15) is 14.9 Å². The first-order valence-corrected chi connectivity index (χ1v) is 5.35. The van der Waals surface area contributed by atoms with Crippen molar-refractivity contribution < 1.29 is 14.8 Å². The molecular formula is C11H11ClN2O4. The van der Waals surface area contributed by atoms with Crippen molar-refractivity contribution >= 4 is 28.9 Å². The summed E-state index contributed by atoms with van der Waals surface area (Å²) in [4.78, 5) is 21.0. The van der Waals surface area contributed by atoms with Gasteiger partial charge in [-0.3, -0.25) is 10.1 Å². The maximum Gasteiger partial charge on any atom is 0.338 e. The Balaban J connectivity index is 3.36. The van der Waals surface area contributed by atoms with E-state index in [0.717, 1.165) is 12.1 Å². The van der Waals surface area contributed by atoms with Crippen LogP contribution in [0.2, 0.25) is 5.02 Å². The molecule has 1 aromatic rings. The van der Waals surface area contributed by atoms with E-state index >= 15 is 0 Å². The molecule has 2 N–H and O–H groups in total. The first-order valence-electron chi connectivity index (χ1n) is 4.97. The highest BCUT2D eigenvalue weighted by Crippen LogP contribution is 2.31. The Kier molecular flexibility index (Phi) is 4.28. The molecule has 0 saturated carbocycles. The van der Waals surface area contributed by atoms with Crippen molar-refractivity contribution in [2.75, 3.05) is 5.32 Å². The highest BCUT2D eigenvalue weighted by Gasteiger charge is 2.20. The molecule has 1 aromatic carbocycles. The number of nitro groups is 1. The fraction of sp³-hybridized carbons (Fsp3) is 0.182. The number of non-ortho nitro benzene ring substituents is 1. The molecule has 0 aromatic heterocycles. The van der Waals surface area contributed by atoms with Gasteiger partial charge in [-0.2, -0.15) is 0 Å². The average Bonchev–Trinajstić information content (AvgIpc) is 2.30. The molecule has 0 saturated heterocycles. The zero-order valence-corrected chi connectivity index (χ0v) is 10.3. The number of carboxylic acid groups (broad SMARTS) is 1. The SMILES string of the molecule is C=CC(C)Nc1c(Cl)cc([N+](=O)[O-])cc1C(=O)O. The van der Waals surface area contributed by atoms with E-state index in [4.69, 9.17) is 16.7 Å². The van der Waals surface area contributed by atoms with Gasteiger partial charge in [0.25, 0.3) is 5.69 Å². The van der Waals surface area contributed by atoms with Crippen LogP contribution < -0.4 is 5.32 Å². The summed E-state index contributed by atoms with van der Waals surface area (Å²) in [5.41, 5.74) is -0.473. The fourth-order valence-electron chi connectivity index (χ4n) is 1.30. The number of hydrogen-bond acceptors (Lipinski definition) is 4. The number of benzene rings is 1. The molecule has 1 atom stereocenters. The Morgan fingerprint density at radius 2 is 2.28 bits per heavy atom. The number of hydrogen-bond donors (Lipinski definition) is 2. The smallest absolute Gasteiger partial charge is 0.338 e. The highest BCUT2D eigenvalue weighted by atomic mass is 35.5. The summed E-state index contributed by atoms with van der Waals surface area (Å²) < 4.78 is 0. The fourth-order valence-corrected chi connectivity index (χ4v) is 1.57. The second kappa shape index (κ2) is 5.50. The summed E-state index contributed by atoms with van der Waals surface area (Å²) in [6.45, 7) is 5.29. The number of aromatic carboxylic acids is 1. The zero-order chi connectivity index (χ0) is 13.9. The third-order valence-electron chi connectivity index (χ3n) is 2.24. The molecule has 0 bridgehead atoms. The summed E-state index contributed by atoms with van der Waals surface area (Å²) >= 11 is 5.86. The molecule has 1 unspecified atom stereocenters. The normalized spacial score (nSPS) is 11.7. The second-order valence-corrected chi connectivity index (χ2v) is 3.99. The lowest BCUT2D eigenvalue weighted by Gasteiger charge is -2.14. The minimum Gasteiger partial charge on any atom is -0.478 e. The van der Waals surface area contributed by atoms with Crippen LogP contribution in [0.3, 0.4) is 0 Å². The molecule has 0 aliphatic carbocycles. The van der Waals surface area contributed by atoms with Crippen LogP contribution >= 0.6 is 11.6 Å². The highest BCUT2D eigenvalue weighted by molar-refractivity contribution is 6.34. The molecule has 1 rings (SSSR count). The number of carbonyl (C=O) groups is 1. The third kappa shape index (κ3) is 2.98. The molecule has 0 amide bonds. The Bertz CT molecular complexity index is 516. The van der Waals surface area contributed by atoms with Crippen LogP contribution in [-0.2, 0) is 0 Å². The maximum absolute atomic E-state index is 11.1. The quantitative estimate of drug-likeness (QED) is 0.487. The van der Waals surface area contributed by atoms with Crippen molar-refractivity contribution in [3.8, 4) is 0 Å². The van der Waals surface area contributed by atoms with Gasteiger partial charge >= 0.3 is 5.97 Å². The number of nitro benzene ring substituents is 1. The van der Waals surface area contributed by atoms with Crippen molar-refractivity contribution in [3.63, 3.8) is 0 Å². The summed E-state index contributed by atoms with van der Waals surface area (Å²) in [6, 6.07) is 1.85. The van der Waals surface area contributed by atoms with Gasteiger partial charge in [0.2, 0.25) is 0 Å². The van der Waals surface area contributed by atoms with Gasteiger partial charge in [0.15, 0.2) is 0 Å². The summed E-state index contributed by atoms with van der Waals surface area (Å²) in [7, 11) is 0.